The molecule has 3 aromatic rings. The molecular formula is C17H16N2O2S. The van der Waals surface area contributed by atoms with Crippen molar-refractivity contribution in [3.8, 4) is 0 Å². The van der Waals surface area contributed by atoms with E-state index in [2.05, 4.69) is 17.1 Å². The fourth-order valence-electron chi connectivity index (χ4n) is 2.21. The summed E-state index contributed by atoms with van der Waals surface area (Å²) in [5.41, 5.74) is 1.21. The Kier molecular flexibility index (Phi) is 4.65. The lowest BCUT2D eigenvalue weighted by atomic mass is 10.1. The molecule has 0 fully saturated rings. The van der Waals surface area contributed by atoms with Gasteiger partial charge in [0, 0.05) is 18.1 Å². The molecule has 5 heteroatoms. The van der Waals surface area contributed by atoms with Gasteiger partial charge in [-0.1, -0.05) is 30.3 Å². The van der Waals surface area contributed by atoms with E-state index in [0.29, 0.717) is 18.8 Å². The minimum atomic E-state index is -0.101. The molecule has 0 aliphatic carbocycles. The van der Waals surface area contributed by atoms with E-state index in [0.717, 1.165) is 11.4 Å². The van der Waals surface area contributed by atoms with Gasteiger partial charge < -0.3 is 9.32 Å². The van der Waals surface area contributed by atoms with E-state index in [1.165, 1.54) is 11.8 Å². The van der Waals surface area contributed by atoms with Gasteiger partial charge in [0.25, 0.3) is 5.91 Å². The van der Waals surface area contributed by atoms with E-state index >= 15 is 0 Å². The zero-order valence-electron chi connectivity index (χ0n) is 12.0. The molecule has 0 saturated carbocycles. The molecule has 2 aromatic heterocycles. The average Bonchev–Trinajstić information content (AvgIpc) is 3.25. The molecule has 1 amide bonds. The van der Waals surface area contributed by atoms with Gasteiger partial charge in [-0.3, -0.25) is 4.79 Å². The number of nitrogens with zero attached hydrogens (tertiary/aromatic N) is 2. The van der Waals surface area contributed by atoms with Crippen LogP contribution in [0.15, 0.2) is 64.7 Å². The van der Waals surface area contributed by atoms with Gasteiger partial charge in [-0.25, -0.2) is 4.98 Å². The predicted octanol–water partition coefficient (Wildman–Crippen LogP) is 3.62. The van der Waals surface area contributed by atoms with Crippen LogP contribution in [0.3, 0.4) is 0 Å². The van der Waals surface area contributed by atoms with Gasteiger partial charge in [0.2, 0.25) is 0 Å². The molecule has 112 valence electrons. The van der Waals surface area contributed by atoms with Crippen molar-refractivity contribution < 1.29 is 9.21 Å². The van der Waals surface area contributed by atoms with Crippen molar-refractivity contribution in [3.05, 3.63) is 76.6 Å². The van der Waals surface area contributed by atoms with Crippen molar-refractivity contribution in [2.24, 2.45) is 0 Å². The van der Waals surface area contributed by atoms with Gasteiger partial charge in [-0.05, 0) is 24.1 Å². The Morgan fingerprint density at radius 2 is 2.05 bits per heavy atom. The van der Waals surface area contributed by atoms with Crippen LogP contribution in [0.4, 0.5) is 0 Å². The summed E-state index contributed by atoms with van der Waals surface area (Å²) >= 11 is 1.55. The summed E-state index contributed by atoms with van der Waals surface area (Å²) < 4.78 is 5.24. The summed E-state index contributed by atoms with van der Waals surface area (Å²) in [4.78, 5) is 18.6. The molecule has 2 heterocycles. The van der Waals surface area contributed by atoms with Crippen molar-refractivity contribution in [1.82, 2.24) is 9.88 Å². The monoisotopic (exact) mass is 312 g/mol. The lowest BCUT2D eigenvalue weighted by Crippen LogP contribution is -2.32. The first-order valence-electron chi connectivity index (χ1n) is 7.08. The molecule has 0 bridgehead atoms. The second-order valence-electron chi connectivity index (χ2n) is 4.87. The highest BCUT2D eigenvalue weighted by Crippen LogP contribution is 2.13. The lowest BCUT2D eigenvalue weighted by Gasteiger charge is -2.20. The Morgan fingerprint density at radius 3 is 2.73 bits per heavy atom. The van der Waals surface area contributed by atoms with E-state index < -0.39 is 0 Å². The first-order chi connectivity index (χ1) is 10.8. The van der Waals surface area contributed by atoms with Crippen LogP contribution in [0, 0.1) is 0 Å². The summed E-state index contributed by atoms with van der Waals surface area (Å²) in [7, 11) is 0. The SMILES string of the molecule is O=C(c1ccco1)N(CCc1ccccc1)Cc1nccs1. The molecule has 0 aliphatic heterocycles. The maximum Gasteiger partial charge on any atom is 0.289 e. The fourth-order valence-corrected chi connectivity index (χ4v) is 2.84. The van der Waals surface area contributed by atoms with Crippen molar-refractivity contribution in [2.75, 3.05) is 6.54 Å². The zero-order valence-corrected chi connectivity index (χ0v) is 12.8. The largest absolute Gasteiger partial charge is 0.459 e. The van der Waals surface area contributed by atoms with Crippen molar-refractivity contribution in [2.45, 2.75) is 13.0 Å². The van der Waals surface area contributed by atoms with E-state index in [1.54, 1.807) is 34.6 Å². The summed E-state index contributed by atoms with van der Waals surface area (Å²) in [6.45, 7) is 1.13. The molecule has 0 saturated heterocycles. The molecule has 0 spiro atoms. The number of carbonyl (C=O) groups is 1. The highest BCUT2D eigenvalue weighted by molar-refractivity contribution is 7.09. The Labute approximate surface area is 133 Å². The minimum Gasteiger partial charge on any atom is -0.459 e. The molecule has 0 radical (unpaired) electrons. The van der Waals surface area contributed by atoms with E-state index in [9.17, 15) is 4.79 Å². The normalized spacial score (nSPS) is 10.5. The van der Waals surface area contributed by atoms with Crippen molar-refractivity contribution in [1.29, 1.82) is 0 Å². The molecule has 0 unspecified atom stereocenters. The molecule has 22 heavy (non-hydrogen) atoms. The second kappa shape index (κ2) is 7.04. The third-order valence-corrected chi connectivity index (χ3v) is 4.11. The summed E-state index contributed by atoms with van der Waals surface area (Å²) in [5.74, 6) is 0.265. The number of hydrogen-bond acceptors (Lipinski definition) is 4. The van der Waals surface area contributed by atoms with Crippen molar-refractivity contribution in [3.63, 3.8) is 0 Å². The Hall–Kier alpha value is -2.40. The second-order valence-corrected chi connectivity index (χ2v) is 5.84. The van der Waals surface area contributed by atoms with Gasteiger partial charge in [0.1, 0.15) is 5.01 Å². The Morgan fingerprint density at radius 1 is 1.18 bits per heavy atom. The third-order valence-electron chi connectivity index (χ3n) is 3.34. The smallest absolute Gasteiger partial charge is 0.289 e. The Bertz CT molecular complexity index is 694. The molecule has 0 aliphatic rings. The average molecular weight is 312 g/mol. The highest BCUT2D eigenvalue weighted by Gasteiger charge is 2.19. The van der Waals surface area contributed by atoms with Crippen LogP contribution in [-0.4, -0.2) is 22.3 Å². The number of furan rings is 1. The zero-order chi connectivity index (χ0) is 15.2. The number of hydrogen-bond donors (Lipinski definition) is 0. The fraction of sp³-hybridized carbons (Fsp3) is 0.176. The molecular weight excluding hydrogens is 296 g/mol. The van der Waals surface area contributed by atoms with Crippen LogP contribution < -0.4 is 0 Å². The van der Waals surface area contributed by atoms with Gasteiger partial charge in [-0.2, -0.15) is 0 Å². The van der Waals surface area contributed by atoms with Crippen molar-refractivity contribution >= 4 is 17.2 Å². The van der Waals surface area contributed by atoms with Gasteiger partial charge in [0.15, 0.2) is 5.76 Å². The lowest BCUT2D eigenvalue weighted by molar-refractivity contribution is 0.0712. The first kappa shape index (κ1) is 14.5. The van der Waals surface area contributed by atoms with Gasteiger partial charge >= 0.3 is 0 Å². The maximum atomic E-state index is 12.6. The highest BCUT2D eigenvalue weighted by atomic mass is 32.1. The van der Waals surface area contributed by atoms with E-state index in [4.69, 9.17) is 4.42 Å². The predicted molar refractivity (Wildman–Crippen MR) is 85.7 cm³/mol. The quantitative estimate of drug-likeness (QED) is 0.698. The molecule has 4 nitrogen and oxygen atoms in total. The number of rotatable bonds is 6. The van der Waals surface area contributed by atoms with E-state index in [-0.39, 0.29) is 5.91 Å². The number of aromatic nitrogens is 1. The van der Waals surface area contributed by atoms with Crippen LogP contribution in [0.5, 0.6) is 0 Å². The van der Waals surface area contributed by atoms with Gasteiger partial charge in [-0.15, -0.1) is 11.3 Å². The summed E-state index contributed by atoms with van der Waals surface area (Å²) in [5, 5.41) is 2.84. The molecule has 0 N–H and O–H groups in total. The van der Waals surface area contributed by atoms with Crippen LogP contribution in [0.25, 0.3) is 0 Å². The van der Waals surface area contributed by atoms with Crippen LogP contribution in [0.2, 0.25) is 0 Å². The minimum absolute atomic E-state index is 0.101. The van der Waals surface area contributed by atoms with Crippen LogP contribution in [0.1, 0.15) is 21.1 Å². The van der Waals surface area contributed by atoms with Gasteiger partial charge in [0.05, 0.1) is 12.8 Å². The standard InChI is InChI=1S/C17H16N2O2S/c20-17(15-7-4-11-21-15)19(13-16-18-9-12-22-16)10-8-14-5-2-1-3-6-14/h1-7,9,11-12H,8,10,13H2. The topological polar surface area (TPSA) is 46.3 Å². The van der Waals surface area contributed by atoms with Crippen LogP contribution >= 0.6 is 11.3 Å². The number of thiazole rings is 1. The molecule has 1 aromatic carbocycles. The Balaban J connectivity index is 1.72. The molecule has 3 rings (SSSR count). The first-order valence-corrected chi connectivity index (χ1v) is 7.96. The van der Waals surface area contributed by atoms with E-state index in [1.807, 2.05) is 23.6 Å². The number of carbonyl (C=O) groups excluding carboxylic acids is 1. The summed E-state index contributed by atoms with van der Waals surface area (Å²) in [6, 6.07) is 13.6. The summed E-state index contributed by atoms with van der Waals surface area (Å²) in [6.07, 6.45) is 4.08. The molecule has 0 atom stereocenters. The number of benzene rings is 1. The maximum absolute atomic E-state index is 12.6. The number of amides is 1. The van der Waals surface area contributed by atoms with Crippen LogP contribution in [-0.2, 0) is 13.0 Å². The third kappa shape index (κ3) is 3.62.